The molecule has 0 atom stereocenters. The highest BCUT2D eigenvalue weighted by molar-refractivity contribution is 5.77. The number of nitrogens with two attached hydrogens (primary N) is 2. The number of benzene rings is 1. The monoisotopic (exact) mass is 253 g/mol. The molecule has 2 rings (SSSR count). The summed E-state index contributed by atoms with van der Waals surface area (Å²) in [5, 5.41) is 9.26. The minimum Gasteiger partial charge on any atom is -0.382 e. The Labute approximate surface area is 111 Å². The first kappa shape index (κ1) is 12.8. The van der Waals surface area contributed by atoms with Gasteiger partial charge in [0, 0.05) is 5.56 Å². The molecule has 0 radical (unpaired) electrons. The normalized spacial score (nSPS) is 10.2. The van der Waals surface area contributed by atoms with Crippen molar-refractivity contribution in [2.24, 2.45) is 0 Å². The molecule has 0 unspecified atom stereocenters. The summed E-state index contributed by atoms with van der Waals surface area (Å²) in [5.41, 5.74) is 15.3. The highest BCUT2D eigenvalue weighted by atomic mass is 15.0. The molecule has 0 aliphatic rings. The van der Waals surface area contributed by atoms with E-state index in [2.05, 4.69) is 23.0 Å². The molecule has 0 spiro atoms. The average molecular weight is 253 g/mol. The van der Waals surface area contributed by atoms with Gasteiger partial charge in [0.15, 0.2) is 0 Å². The maximum Gasteiger partial charge on any atom is 0.222 e. The highest BCUT2D eigenvalue weighted by Crippen LogP contribution is 2.31. The van der Waals surface area contributed by atoms with Crippen LogP contribution in [0.1, 0.15) is 23.6 Å². The van der Waals surface area contributed by atoms with E-state index in [4.69, 9.17) is 11.5 Å². The van der Waals surface area contributed by atoms with Gasteiger partial charge < -0.3 is 11.5 Å². The van der Waals surface area contributed by atoms with Crippen LogP contribution in [0, 0.1) is 18.3 Å². The lowest BCUT2D eigenvalue weighted by Crippen LogP contribution is -2.06. The standard InChI is InChI=1S/C14H15N5/c1-3-9-6-4-5-8(2)11(9)12-10(7-15)13(16)19-14(17)18-12/h4-6H,3H2,1-2H3,(H4,16,17,18,19). The second kappa shape index (κ2) is 4.94. The molecule has 0 fully saturated rings. The minimum absolute atomic E-state index is 0.0804. The van der Waals surface area contributed by atoms with E-state index >= 15 is 0 Å². The summed E-state index contributed by atoms with van der Waals surface area (Å²) in [6.07, 6.45) is 0.839. The van der Waals surface area contributed by atoms with Crippen molar-refractivity contribution in [1.82, 2.24) is 9.97 Å². The first-order valence-electron chi connectivity index (χ1n) is 6.00. The van der Waals surface area contributed by atoms with E-state index in [0.29, 0.717) is 5.69 Å². The fraction of sp³-hybridized carbons (Fsp3) is 0.214. The van der Waals surface area contributed by atoms with Crippen LogP contribution in [-0.4, -0.2) is 9.97 Å². The third kappa shape index (κ3) is 2.20. The van der Waals surface area contributed by atoms with E-state index in [-0.39, 0.29) is 17.3 Å². The van der Waals surface area contributed by atoms with Crippen molar-refractivity contribution in [3.63, 3.8) is 0 Å². The van der Waals surface area contributed by atoms with Crippen LogP contribution in [0.5, 0.6) is 0 Å². The van der Waals surface area contributed by atoms with E-state index in [1.165, 1.54) is 0 Å². The average Bonchev–Trinajstić information content (AvgIpc) is 2.37. The molecule has 0 aliphatic heterocycles. The van der Waals surface area contributed by atoms with E-state index in [9.17, 15) is 5.26 Å². The van der Waals surface area contributed by atoms with E-state index < -0.39 is 0 Å². The van der Waals surface area contributed by atoms with Gasteiger partial charge in [-0.3, -0.25) is 0 Å². The molecule has 0 bridgehead atoms. The number of hydrogen-bond acceptors (Lipinski definition) is 5. The molecule has 19 heavy (non-hydrogen) atoms. The maximum absolute atomic E-state index is 9.26. The lowest BCUT2D eigenvalue weighted by atomic mass is 9.95. The van der Waals surface area contributed by atoms with Crippen LogP contribution >= 0.6 is 0 Å². The SMILES string of the molecule is CCc1cccc(C)c1-c1nc(N)nc(N)c1C#N. The number of nitrogens with zero attached hydrogens (tertiary/aromatic N) is 3. The molecule has 1 aromatic carbocycles. The van der Waals surface area contributed by atoms with Crippen LogP contribution in [0.3, 0.4) is 0 Å². The summed E-state index contributed by atoms with van der Waals surface area (Å²) in [7, 11) is 0. The molecule has 5 heteroatoms. The topological polar surface area (TPSA) is 102 Å². The Hall–Kier alpha value is -2.61. The quantitative estimate of drug-likeness (QED) is 0.852. The molecule has 4 N–H and O–H groups in total. The predicted octanol–water partition coefficient (Wildman–Crippen LogP) is 2.05. The van der Waals surface area contributed by atoms with Gasteiger partial charge in [-0.1, -0.05) is 25.1 Å². The van der Waals surface area contributed by atoms with Crippen LogP contribution in [0.15, 0.2) is 18.2 Å². The van der Waals surface area contributed by atoms with Crippen molar-refractivity contribution >= 4 is 11.8 Å². The molecule has 1 heterocycles. The predicted molar refractivity (Wildman–Crippen MR) is 75.1 cm³/mol. The Balaban J connectivity index is 2.83. The molecule has 1 aromatic heterocycles. The molecule has 2 aromatic rings. The largest absolute Gasteiger partial charge is 0.382 e. The lowest BCUT2D eigenvalue weighted by molar-refractivity contribution is 1.11. The van der Waals surface area contributed by atoms with Crippen molar-refractivity contribution in [3.05, 3.63) is 34.9 Å². The van der Waals surface area contributed by atoms with Crippen molar-refractivity contribution in [2.45, 2.75) is 20.3 Å². The zero-order valence-electron chi connectivity index (χ0n) is 10.9. The Morgan fingerprint density at radius 1 is 1.26 bits per heavy atom. The minimum atomic E-state index is 0.0804. The van der Waals surface area contributed by atoms with Gasteiger partial charge in [0.05, 0.1) is 5.69 Å². The number of nitriles is 1. The summed E-state index contributed by atoms with van der Waals surface area (Å²) in [6.45, 7) is 4.03. The molecule has 96 valence electrons. The van der Waals surface area contributed by atoms with Gasteiger partial charge in [-0.15, -0.1) is 0 Å². The second-order valence-corrected chi connectivity index (χ2v) is 4.27. The molecule has 5 nitrogen and oxygen atoms in total. The number of hydrogen-bond donors (Lipinski definition) is 2. The van der Waals surface area contributed by atoms with E-state index in [1.54, 1.807) is 0 Å². The first-order chi connectivity index (χ1) is 9.08. The zero-order valence-corrected chi connectivity index (χ0v) is 10.9. The van der Waals surface area contributed by atoms with Crippen molar-refractivity contribution < 1.29 is 0 Å². The molecular formula is C14H15N5. The molecule has 0 amide bonds. The zero-order chi connectivity index (χ0) is 14.0. The first-order valence-corrected chi connectivity index (χ1v) is 6.00. The molecule has 0 saturated carbocycles. The molecular weight excluding hydrogens is 238 g/mol. The third-order valence-corrected chi connectivity index (χ3v) is 3.04. The number of aromatic nitrogens is 2. The number of aryl methyl sites for hydroxylation is 2. The lowest BCUT2D eigenvalue weighted by Gasteiger charge is -2.13. The summed E-state index contributed by atoms with van der Waals surface area (Å²) in [5.74, 6) is 0.201. The number of anilines is 2. The molecule has 0 saturated heterocycles. The highest BCUT2D eigenvalue weighted by Gasteiger charge is 2.17. The Morgan fingerprint density at radius 3 is 2.63 bits per heavy atom. The number of nitrogen functional groups attached to an aromatic ring is 2. The van der Waals surface area contributed by atoms with Gasteiger partial charge in [-0.05, 0) is 24.5 Å². The van der Waals surface area contributed by atoms with Crippen molar-refractivity contribution in [1.29, 1.82) is 5.26 Å². The summed E-state index contributed by atoms with van der Waals surface area (Å²) < 4.78 is 0. The Bertz CT molecular complexity index is 670. The van der Waals surface area contributed by atoms with Crippen molar-refractivity contribution in [2.75, 3.05) is 11.5 Å². The van der Waals surface area contributed by atoms with Gasteiger partial charge in [0.25, 0.3) is 0 Å². The van der Waals surface area contributed by atoms with E-state index in [0.717, 1.165) is 23.1 Å². The Morgan fingerprint density at radius 2 is 2.00 bits per heavy atom. The second-order valence-electron chi connectivity index (χ2n) is 4.27. The van der Waals surface area contributed by atoms with Gasteiger partial charge in [-0.25, -0.2) is 4.98 Å². The summed E-state index contributed by atoms with van der Waals surface area (Å²) >= 11 is 0. The van der Waals surface area contributed by atoms with Crippen LogP contribution in [-0.2, 0) is 6.42 Å². The Kier molecular flexibility index (Phi) is 3.34. The maximum atomic E-state index is 9.26. The third-order valence-electron chi connectivity index (χ3n) is 3.04. The smallest absolute Gasteiger partial charge is 0.222 e. The van der Waals surface area contributed by atoms with Gasteiger partial charge in [0.2, 0.25) is 5.95 Å². The van der Waals surface area contributed by atoms with Gasteiger partial charge in [0.1, 0.15) is 17.5 Å². The van der Waals surface area contributed by atoms with Crippen LogP contribution in [0.25, 0.3) is 11.3 Å². The van der Waals surface area contributed by atoms with Crippen LogP contribution < -0.4 is 11.5 Å². The molecule has 0 aliphatic carbocycles. The van der Waals surface area contributed by atoms with E-state index in [1.807, 2.05) is 25.1 Å². The number of rotatable bonds is 2. The van der Waals surface area contributed by atoms with Gasteiger partial charge >= 0.3 is 0 Å². The summed E-state index contributed by atoms with van der Waals surface area (Å²) in [6, 6.07) is 8.03. The van der Waals surface area contributed by atoms with Crippen molar-refractivity contribution in [3.8, 4) is 17.3 Å². The fourth-order valence-electron chi connectivity index (χ4n) is 2.15. The van der Waals surface area contributed by atoms with Crippen LogP contribution in [0.4, 0.5) is 11.8 Å². The van der Waals surface area contributed by atoms with Gasteiger partial charge in [-0.2, -0.15) is 10.2 Å². The summed E-state index contributed by atoms with van der Waals surface area (Å²) in [4.78, 5) is 8.05. The van der Waals surface area contributed by atoms with Crippen LogP contribution in [0.2, 0.25) is 0 Å². The fourth-order valence-corrected chi connectivity index (χ4v) is 2.15.